The van der Waals surface area contributed by atoms with E-state index in [1.54, 1.807) is 6.20 Å². The smallest absolute Gasteiger partial charge is 0.256 e. The van der Waals surface area contributed by atoms with Crippen LogP contribution < -0.4 is 5.32 Å². The first-order valence-electron chi connectivity index (χ1n) is 5.65. The molecule has 3 rings (SSSR count). The van der Waals surface area contributed by atoms with Gasteiger partial charge in [-0.2, -0.15) is 0 Å². The largest absolute Gasteiger partial charge is 0.355 e. The summed E-state index contributed by atoms with van der Waals surface area (Å²) in [6.45, 7) is 2.75. The number of carbonyl (C=O) groups excluding carboxylic acids is 1. The molecule has 1 atom stereocenters. The fourth-order valence-corrected chi connectivity index (χ4v) is 3.02. The molecule has 16 heavy (non-hydrogen) atoms. The highest BCUT2D eigenvalue weighted by atomic mass is 79.9. The number of aromatic nitrogens is 1. The Morgan fingerprint density at radius 1 is 1.50 bits per heavy atom. The molecule has 0 saturated carbocycles. The molecule has 0 bridgehead atoms. The quantitative estimate of drug-likeness (QED) is 0.820. The predicted molar refractivity (Wildman–Crippen MR) is 64.3 cm³/mol. The third-order valence-electron chi connectivity index (χ3n) is 3.46. The summed E-state index contributed by atoms with van der Waals surface area (Å²) in [7, 11) is 0. The van der Waals surface area contributed by atoms with Gasteiger partial charge in [-0.25, -0.2) is 0 Å². The molecule has 0 spiro atoms. The van der Waals surface area contributed by atoms with Crippen molar-refractivity contribution in [1.82, 2.24) is 15.2 Å². The minimum atomic E-state index is 0.172. The SMILES string of the molecule is O=C1c2c[nH]c(Br)c2CN1C1CCCNC1. The Labute approximate surface area is 103 Å². The van der Waals surface area contributed by atoms with Crippen molar-refractivity contribution in [2.75, 3.05) is 13.1 Å². The highest BCUT2D eigenvalue weighted by Crippen LogP contribution is 2.31. The van der Waals surface area contributed by atoms with Crippen molar-refractivity contribution in [1.29, 1.82) is 0 Å². The Hall–Kier alpha value is -0.810. The third-order valence-corrected chi connectivity index (χ3v) is 4.17. The lowest BCUT2D eigenvalue weighted by Crippen LogP contribution is -2.46. The van der Waals surface area contributed by atoms with Gasteiger partial charge >= 0.3 is 0 Å². The molecule has 1 unspecified atom stereocenters. The van der Waals surface area contributed by atoms with Crippen molar-refractivity contribution in [2.24, 2.45) is 0 Å². The van der Waals surface area contributed by atoms with Crippen LogP contribution in [0, 0.1) is 0 Å². The van der Waals surface area contributed by atoms with Gasteiger partial charge in [-0.3, -0.25) is 4.79 Å². The summed E-state index contributed by atoms with van der Waals surface area (Å²) >= 11 is 3.45. The number of rotatable bonds is 1. The second kappa shape index (κ2) is 3.89. The molecule has 0 aliphatic carbocycles. The summed E-state index contributed by atoms with van der Waals surface area (Å²) in [6.07, 6.45) is 4.08. The maximum atomic E-state index is 12.2. The van der Waals surface area contributed by atoms with E-state index in [9.17, 15) is 4.79 Å². The van der Waals surface area contributed by atoms with Crippen molar-refractivity contribution in [2.45, 2.75) is 25.4 Å². The van der Waals surface area contributed by atoms with E-state index >= 15 is 0 Å². The first-order chi connectivity index (χ1) is 7.77. The number of nitrogens with one attached hydrogen (secondary N) is 2. The molecular weight excluding hydrogens is 270 g/mol. The number of halogens is 1. The van der Waals surface area contributed by atoms with E-state index < -0.39 is 0 Å². The number of carbonyl (C=O) groups is 1. The second-order valence-electron chi connectivity index (χ2n) is 4.43. The molecule has 1 aromatic rings. The minimum absolute atomic E-state index is 0.172. The molecule has 3 heterocycles. The summed E-state index contributed by atoms with van der Waals surface area (Å²) < 4.78 is 0.946. The predicted octanol–water partition coefficient (Wildman–Crippen LogP) is 1.49. The zero-order chi connectivity index (χ0) is 11.1. The highest BCUT2D eigenvalue weighted by Gasteiger charge is 2.35. The monoisotopic (exact) mass is 283 g/mol. The van der Waals surface area contributed by atoms with Crippen molar-refractivity contribution in [3.8, 4) is 0 Å². The van der Waals surface area contributed by atoms with Gasteiger partial charge in [-0.15, -0.1) is 0 Å². The third kappa shape index (κ3) is 1.50. The summed E-state index contributed by atoms with van der Waals surface area (Å²) in [6, 6.07) is 0.362. The van der Waals surface area contributed by atoms with E-state index in [1.165, 1.54) is 0 Å². The Bertz CT molecular complexity index is 423. The summed E-state index contributed by atoms with van der Waals surface area (Å²) in [5, 5.41) is 3.35. The number of piperidine rings is 1. The molecular formula is C11H14BrN3O. The topological polar surface area (TPSA) is 48.1 Å². The molecule has 0 radical (unpaired) electrons. The van der Waals surface area contributed by atoms with Crippen molar-refractivity contribution >= 4 is 21.8 Å². The first kappa shape index (κ1) is 10.4. The molecule has 2 aliphatic heterocycles. The fraction of sp³-hybridized carbons (Fsp3) is 0.545. The average molecular weight is 284 g/mol. The van der Waals surface area contributed by atoms with E-state index in [4.69, 9.17) is 0 Å². The number of amides is 1. The number of H-pyrrole nitrogens is 1. The van der Waals surface area contributed by atoms with E-state index in [2.05, 4.69) is 26.2 Å². The maximum absolute atomic E-state index is 12.2. The van der Waals surface area contributed by atoms with Crippen LogP contribution in [0.4, 0.5) is 0 Å². The normalized spacial score (nSPS) is 24.9. The molecule has 5 heteroatoms. The zero-order valence-corrected chi connectivity index (χ0v) is 10.5. The molecule has 0 aromatic carbocycles. The van der Waals surface area contributed by atoms with E-state index in [0.29, 0.717) is 6.04 Å². The fourth-order valence-electron chi connectivity index (χ4n) is 2.56. The number of hydrogen-bond acceptors (Lipinski definition) is 2. The standard InChI is InChI=1S/C11H14BrN3O/c12-10-9-6-15(7-2-1-3-13-4-7)11(16)8(9)5-14-10/h5,7,13-14H,1-4,6H2. The molecule has 1 saturated heterocycles. The van der Waals surface area contributed by atoms with Crippen LogP contribution in [0.5, 0.6) is 0 Å². The molecule has 1 amide bonds. The Morgan fingerprint density at radius 3 is 3.06 bits per heavy atom. The molecule has 4 nitrogen and oxygen atoms in total. The van der Waals surface area contributed by atoms with Crippen LogP contribution in [0.2, 0.25) is 0 Å². The highest BCUT2D eigenvalue weighted by molar-refractivity contribution is 9.10. The van der Waals surface area contributed by atoms with Crippen LogP contribution in [0.3, 0.4) is 0 Å². The number of aromatic amines is 1. The van der Waals surface area contributed by atoms with Crippen molar-refractivity contribution in [3.05, 3.63) is 21.9 Å². The van der Waals surface area contributed by atoms with Gasteiger partial charge in [0, 0.05) is 30.9 Å². The average Bonchev–Trinajstić information content (AvgIpc) is 2.83. The van der Waals surface area contributed by atoms with Gasteiger partial charge < -0.3 is 15.2 Å². The van der Waals surface area contributed by atoms with Crippen molar-refractivity contribution < 1.29 is 4.79 Å². The summed E-state index contributed by atoms with van der Waals surface area (Å²) in [4.78, 5) is 17.2. The number of fused-ring (bicyclic) bond motifs is 1. The van der Waals surface area contributed by atoms with Crippen LogP contribution in [-0.4, -0.2) is 34.9 Å². The van der Waals surface area contributed by atoms with Crippen molar-refractivity contribution in [3.63, 3.8) is 0 Å². The maximum Gasteiger partial charge on any atom is 0.256 e. The van der Waals surface area contributed by atoms with Crippen LogP contribution in [0.15, 0.2) is 10.8 Å². The zero-order valence-electron chi connectivity index (χ0n) is 8.92. The van der Waals surface area contributed by atoms with Gasteiger partial charge in [0.05, 0.1) is 10.2 Å². The molecule has 1 fully saturated rings. The van der Waals surface area contributed by atoms with Gasteiger partial charge in [0.15, 0.2) is 0 Å². The molecule has 1 aromatic heterocycles. The van der Waals surface area contributed by atoms with Gasteiger partial charge in [-0.1, -0.05) is 0 Å². The first-order valence-corrected chi connectivity index (χ1v) is 6.44. The lowest BCUT2D eigenvalue weighted by molar-refractivity contribution is 0.0673. The van der Waals surface area contributed by atoms with Gasteiger partial charge in [0.1, 0.15) is 0 Å². The van der Waals surface area contributed by atoms with Crippen LogP contribution in [0.1, 0.15) is 28.8 Å². The van der Waals surface area contributed by atoms with E-state index in [1.807, 2.05) is 4.90 Å². The lowest BCUT2D eigenvalue weighted by atomic mass is 10.1. The number of hydrogen-bond donors (Lipinski definition) is 2. The molecule has 2 N–H and O–H groups in total. The number of nitrogens with zero attached hydrogens (tertiary/aromatic N) is 1. The van der Waals surface area contributed by atoms with E-state index in [-0.39, 0.29) is 5.91 Å². The van der Waals surface area contributed by atoms with Gasteiger partial charge in [0.25, 0.3) is 5.91 Å². The Morgan fingerprint density at radius 2 is 2.38 bits per heavy atom. The Balaban J connectivity index is 1.83. The van der Waals surface area contributed by atoms with Gasteiger partial charge in [-0.05, 0) is 35.3 Å². The Kier molecular flexibility index (Phi) is 2.52. The molecule has 86 valence electrons. The molecule has 2 aliphatic rings. The van der Waals surface area contributed by atoms with Crippen LogP contribution >= 0.6 is 15.9 Å². The lowest BCUT2D eigenvalue weighted by Gasteiger charge is -2.31. The minimum Gasteiger partial charge on any atom is -0.355 e. The van der Waals surface area contributed by atoms with E-state index in [0.717, 1.165) is 48.2 Å². The summed E-state index contributed by atoms with van der Waals surface area (Å²) in [5.41, 5.74) is 1.94. The van der Waals surface area contributed by atoms with Crippen LogP contribution in [-0.2, 0) is 6.54 Å². The second-order valence-corrected chi connectivity index (χ2v) is 5.22. The summed E-state index contributed by atoms with van der Waals surface area (Å²) in [5.74, 6) is 0.172. The van der Waals surface area contributed by atoms with Crippen LogP contribution in [0.25, 0.3) is 0 Å². The van der Waals surface area contributed by atoms with Gasteiger partial charge in [0.2, 0.25) is 0 Å².